The number of benzene rings is 1. The van der Waals surface area contributed by atoms with E-state index in [4.69, 9.17) is 0 Å². The van der Waals surface area contributed by atoms with Gasteiger partial charge >= 0.3 is 0 Å². The Bertz CT molecular complexity index is 657. The lowest BCUT2D eigenvalue weighted by molar-refractivity contribution is -0.111. The Balaban J connectivity index is 2.08. The second-order valence-corrected chi connectivity index (χ2v) is 4.07. The molecule has 1 aromatic heterocycles. The van der Waals surface area contributed by atoms with Crippen LogP contribution in [0.5, 0.6) is 0 Å². The van der Waals surface area contributed by atoms with E-state index in [9.17, 15) is 9.59 Å². The Morgan fingerprint density at radius 2 is 1.89 bits per heavy atom. The average Bonchev–Trinajstić information content (AvgIpc) is 2.43. The minimum Gasteiger partial charge on any atom is -0.318 e. The Morgan fingerprint density at radius 1 is 1.16 bits per heavy atom. The van der Waals surface area contributed by atoms with E-state index in [0.29, 0.717) is 0 Å². The van der Waals surface area contributed by atoms with E-state index >= 15 is 0 Å². The molecule has 2 rings (SSSR count). The van der Waals surface area contributed by atoms with Crippen LogP contribution in [0, 0.1) is 0 Å². The summed E-state index contributed by atoms with van der Waals surface area (Å²) in [6.45, 7) is 0. The molecule has 1 N–H and O–H groups in total. The lowest BCUT2D eigenvalue weighted by Crippen LogP contribution is -2.22. The predicted molar refractivity (Wildman–Crippen MR) is 75.8 cm³/mol. The van der Waals surface area contributed by atoms with Gasteiger partial charge in [0.2, 0.25) is 5.91 Å². The monoisotopic (exact) mass is 254 g/mol. The summed E-state index contributed by atoms with van der Waals surface area (Å²) in [5, 5.41) is 2.56. The molecular formula is C15H14N2O2. The molecule has 1 heterocycles. The topological polar surface area (TPSA) is 51.1 Å². The molecule has 0 spiro atoms. The first-order chi connectivity index (χ1) is 9.16. The van der Waals surface area contributed by atoms with Crippen LogP contribution in [0.2, 0.25) is 0 Å². The van der Waals surface area contributed by atoms with Gasteiger partial charge in [0, 0.05) is 19.3 Å². The van der Waals surface area contributed by atoms with E-state index in [1.54, 1.807) is 31.5 Å². The van der Waals surface area contributed by atoms with Gasteiger partial charge in [0.05, 0.1) is 0 Å². The highest BCUT2D eigenvalue weighted by molar-refractivity contribution is 6.01. The van der Waals surface area contributed by atoms with Crippen LogP contribution < -0.4 is 10.9 Å². The maximum absolute atomic E-state index is 11.7. The zero-order chi connectivity index (χ0) is 13.7. The molecule has 4 nitrogen and oxygen atoms in total. The number of amides is 1. The third kappa shape index (κ3) is 3.42. The molecule has 2 aromatic rings. The van der Waals surface area contributed by atoms with Crippen molar-refractivity contribution in [2.45, 2.75) is 0 Å². The standard InChI is InChI=1S/C15H14N2O2/c1-17-11-5-8-13(15(17)19)16-14(18)10-9-12-6-3-2-4-7-12/h2-11H,1H3,(H,16,18)/b10-9-. The molecule has 0 atom stereocenters. The second-order valence-electron chi connectivity index (χ2n) is 4.07. The summed E-state index contributed by atoms with van der Waals surface area (Å²) in [5.74, 6) is -0.327. The fourth-order valence-corrected chi connectivity index (χ4v) is 1.60. The number of pyridine rings is 1. The van der Waals surface area contributed by atoms with Crippen LogP contribution in [0.4, 0.5) is 5.69 Å². The normalized spacial score (nSPS) is 10.6. The van der Waals surface area contributed by atoms with Gasteiger partial charge in [-0.05, 0) is 23.8 Å². The summed E-state index contributed by atoms with van der Waals surface area (Å²) in [7, 11) is 1.64. The van der Waals surface area contributed by atoms with Crippen molar-refractivity contribution in [3.63, 3.8) is 0 Å². The van der Waals surface area contributed by atoms with Crippen molar-refractivity contribution >= 4 is 17.7 Å². The number of carbonyl (C=O) groups excluding carboxylic acids is 1. The van der Waals surface area contributed by atoms with Crippen molar-refractivity contribution < 1.29 is 4.79 Å². The molecule has 0 radical (unpaired) electrons. The number of anilines is 1. The van der Waals surface area contributed by atoms with Crippen molar-refractivity contribution in [3.05, 3.63) is 70.7 Å². The minimum atomic E-state index is -0.327. The summed E-state index contributed by atoms with van der Waals surface area (Å²) in [6.07, 6.45) is 4.74. The molecule has 0 bridgehead atoms. The predicted octanol–water partition coefficient (Wildman–Crippen LogP) is 2.04. The van der Waals surface area contributed by atoms with Gasteiger partial charge in [-0.3, -0.25) is 9.59 Å². The molecule has 96 valence electrons. The first-order valence-corrected chi connectivity index (χ1v) is 5.86. The van der Waals surface area contributed by atoms with Gasteiger partial charge in [-0.25, -0.2) is 0 Å². The van der Waals surface area contributed by atoms with E-state index in [1.807, 2.05) is 30.3 Å². The number of aromatic nitrogens is 1. The van der Waals surface area contributed by atoms with Crippen LogP contribution in [-0.4, -0.2) is 10.5 Å². The van der Waals surface area contributed by atoms with Crippen LogP contribution in [-0.2, 0) is 11.8 Å². The molecule has 0 unspecified atom stereocenters. The summed E-state index contributed by atoms with van der Waals surface area (Å²) in [5.41, 5.74) is 0.968. The number of rotatable bonds is 3. The molecule has 1 amide bonds. The largest absolute Gasteiger partial charge is 0.318 e. The molecule has 0 saturated carbocycles. The van der Waals surface area contributed by atoms with E-state index < -0.39 is 0 Å². The smallest absolute Gasteiger partial charge is 0.274 e. The average molecular weight is 254 g/mol. The molecule has 0 aliphatic rings. The highest BCUT2D eigenvalue weighted by atomic mass is 16.2. The van der Waals surface area contributed by atoms with Gasteiger partial charge in [0.25, 0.3) is 5.56 Å². The number of carbonyl (C=O) groups is 1. The van der Waals surface area contributed by atoms with Crippen molar-refractivity contribution in [1.29, 1.82) is 0 Å². The maximum atomic E-state index is 11.7. The third-order valence-electron chi connectivity index (χ3n) is 2.61. The summed E-state index contributed by atoms with van der Waals surface area (Å²) in [4.78, 5) is 23.4. The number of hydrogen-bond acceptors (Lipinski definition) is 2. The number of nitrogens with zero attached hydrogens (tertiary/aromatic N) is 1. The SMILES string of the molecule is Cn1cccc(NC(=O)/C=C\c2ccccc2)c1=O. The van der Waals surface area contributed by atoms with Crippen LogP contribution in [0.1, 0.15) is 5.56 Å². The summed E-state index contributed by atoms with van der Waals surface area (Å²) >= 11 is 0. The number of aryl methyl sites for hydroxylation is 1. The highest BCUT2D eigenvalue weighted by Crippen LogP contribution is 2.02. The Kier molecular flexibility index (Phi) is 3.93. The molecule has 0 fully saturated rings. The Morgan fingerprint density at radius 3 is 2.63 bits per heavy atom. The van der Waals surface area contributed by atoms with Crippen LogP contribution in [0.25, 0.3) is 6.08 Å². The zero-order valence-corrected chi connectivity index (χ0v) is 10.5. The molecular weight excluding hydrogens is 240 g/mol. The molecule has 1 aromatic carbocycles. The van der Waals surface area contributed by atoms with E-state index in [1.165, 1.54) is 10.6 Å². The van der Waals surface area contributed by atoms with Crippen molar-refractivity contribution in [3.8, 4) is 0 Å². The van der Waals surface area contributed by atoms with Gasteiger partial charge in [-0.1, -0.05) is 30.3 Å². The molecule has 4 heteroatoms. The van der Waals surface area contributed by atoms with Crippen molar-refractivity contribution in [1.82, 2.24) is 4.57 Å². The zero-order valence-electron chi connectivity index (χ0n) is 10.5. The third-order valence-corrected chi connectivity index (χ3v) is 2.61. The van der Waals surface area contributed by atoms with E-state index in [-0.39, 0.29) is 17.2 Å². The lowest BCUT2D eigenvalue weighted by Gasteiger charge is -2.03. The van der Waals surface area contributed by atoms with Crippen molar-refractivity contribution in [2.75, 3.05) is 5.32 Å². The first kappa shape index (κ1) is 12.8. The van der Waals surface area contributed by atoms with Gasteiger partial charge in [0.1, 0.15) is 5.69 Å². The molecule has 0 aliphatic carbocycles. The molecule has 19 heavy (non-hydrogen) atoms. The highest BCUT2D eigenvalue weighted by Gasteiger charge is 2.02. The Hall–Kier alpha value is -2.62. The fourth-order valence-electron chi connectivity index (χ4n) is 1.60. The van der Waals surface area contributed by atoms with Crippen LogP contribution in [0.15, 0.2) is 59.5 Å². The van der Waals surface area contributed by atoms with E-state index in [0.717, 1.165) is 5.56 Å². The number of nitrogens with one attached hydrogen (secondary N) is 1. The number of hydrogen-bond donors (Lipinski definition) is 1. The maximum Gasteiger partial charge on any atom is 0.274 e. The van der Waals surface area contributed by atoms with E-state index in [2.05, 4.69) is 5.32 Å². The van der Waals surface area contributed by atoms with Gasteiger partial charge < -0.3 is 9.88 Å². The second kappa shape index (κ2) is 5.82. The first-order valence-electron chi connectivity index (χ1n) is 5.86. The van der Waals surface area contributed by atoms with Gasteiger partial charge in [-0.2, -0.15) is 0 Å². The summed E-state index contributed by atoms with van der Waals surface area (Å²) in [6, 6.07) is 12.8. The summed E-state index contributed by atoms with van der Waals surface area (Å²) < 4.78 is 1.41. The van der Waals surface area contributed by atoms with Crippen LogP contribution in [0.3, 0.4) is 0 Å². The Labute approximate surface area is 111 Å². The quantitative estimate of drug-likeness (QED) is 0.852. The minimum absolute atomic E-state index is 0.232. The fraction of sp³-hybridized carbons (Fsp3) is 0.0667. The van der Waals surface area contributed by atoms with Gasteiger partial charge in [0.15, 0.2) is 0 Å². The lowest BCUT2D eigenvalue weighted by atomic mass is 10.2. The molecule has 0 aliphatic heterocycles. The van der Waals surface area contributed by atoms with Gasteiger partial charge in [-0.15, -0.1) is 0 Å². The molecule has 0 saturated heterocycles. The van der Waals surface area contributed by atoms with Crippen LogP contribution >= 0.6 is 0 Å². The van der Waals surface area contributed by atoms with Crippen molar-refractivity contribution in [2.24, 2.45) is 7.05 Å².